The molecule has 1 aliphatic heterocycles. The van der Waals surface area contributed by atoms with Crippen LogP contribution in [0.2, 0.25) is 0 Å². The monoisotopic (exact) mass is 386 g/mol. The number of Topliss-reactive ketones (excluding diaryl/α,β-unsaturated/α-hetero) is 1. The van der Waals surface area contributed by atoms with Gasteiger partial charge in [0.05, 0.1) is 23.1 Å². The number of likely N-dealkylation sites (tertiary alicyclic amines) is 1. The quantitative estimate of drug-likeness (QED) is 0.267. The Morgan fingerprint density at radius 1 is 1.11 bits per heavy atom. The second kappa shape index (κ2) is 7.57. The number of halogens is 1. The standard InChI is InChI=1S/C19H15FN2O6/c20-13-5-1-11(2-6-13)16-15(18(25)19(26)21(16)9-10-23)17(24)12-3-7-14(8-4-12)22(27)28/h1-8,16,23-24H,9-10H2/b17-15-. The summed E-state index contributed by atoms with van der Waals surface area (Å²) in [6.45, 7) is -0.577. The third-order valence-corrected chi connectivity index (χ3v) is 4.42. The van der Waals surface area contributed by atoms with Crippen molar-refractivity contribution in [1.82, 2.24) is 4.90 Å². The second-order valence-corrected chi connectivity index (χ2v) is 6.07. The Labute approximate surface area is 158 Å². The van der Waals surface area contributed by atoms with Gasteiger partial charge in [-0.15, -0.1) is 0 Å². The third-order valence-electron chi connectivity index (χ3n) is 4.42. The molecule has 0 saturated carbocycles. The summed E-state index contributed by atoms with van der Waals surface area (Å²) in [5.74, 6) is -2.90. The number of hydrogen-bond donors (Lipinski definition) is 2. The largest absolute Gasteiger partial charge is 0.507 e. The molecule has 2 N–H and O–H groups in total. The third kappa shape index (κ3) is 3.35. The average Bonchev–Trinajstić information content (AvgIpc) is 2.93. The van der Waals surface area contributed by atoms with E-state index in [1.165, 1.54) is 24.3 Å². The number of amides is 1. The maximum Gasteiger partial charge on any atom is 0.295 e. The van der Waals surface area contributed by atoms with Gasteiger partial charge in [0, 0.05) is 24.2 Å². The second-order valence-electron chi connectivity index (χ2n) is 6.07. The Kier molecular flexibility index (Phi) is 5.18. The van der Waals surface area contributed by atoms with Crippen molar-refractivity contribution in [3.8, 4) is 0 Å². The Balaban J connectivity index is 2.14. The van der Waals surface area contributed by atoms with Gasteiger partial charge >= 0.3 is 0 Å². The molecule has 1 atom stereocenters. The van der Waals surface area contributed by atoms with E-state index in [1.807, 2.05) is 0 Å². The van der Waals surface area contributed by atoms with Crippen LogP contribution in [0.4, 0.5) is 10.1 Å². The highest BCUT2D eigenvalue weighted by Crippen LogP contribution is 2.39. The average molecular weight is 386 g/mol. The maximum atomic E-state index is 13.3. The lowest BCUT2D eigenvalue weighted by Crippen LogP contribution is -2.32. The van der Waals surface area contributed by atoms with Crippen LogP contribution in [0.15, 0.2) is 54.1 Å². The Bertz CT molecular complexity index is 969. The van der Waals surface area contributed by atoms with E-state index in [9.17, 15) is 34.3 Å². The first-order valence-electron chi connectivity index (χ1n) is 8.24. The topological polar surface area (TPSA) is 121 Å². The fraction of sp³-hybridized carbons (Fsp3) is 0.158. The van der Waals surface area contributed by atoms with Gasteiger partial charge in [0.15, 0.2) is 0 Å². The van der Waals surface area contributed by atoms with Gasteiger partial charge in [-0.3, -0.25) is 19.7 Å². The van der Waals surface area contributed by atoms with Crippen LogP contribution in [-0.2, 0) is 9.59 Å². The molecular formula is C19H15FN2O6. The van der Waals surface area contributed by atoms with Crippen LogP contribution in [0.1, 0.15) is 17.2 Å². The summed E-state index contributed by atoms with van der Waals surface area (Å²) in [7, 11) is 0. The molecule has 3 rings (SSSR count). The summed E-state index contributed by atoms with van der Waals surface area (Å²) < 4.78 is 13.3. The van der Waals surface area contributed by atoms with E-state index in [-0.39, 0.29) is 23.4 Å². The predicted octanol–water partition coefficient (Wildman–Crippen LogP) is 2.15. The molecular weight excluding hydrogens is 371 g/mol. The Hall–Kier alpha value is -3.59. The molecule has 0 radical (unpaired) electrons. The summed E-state index contributed by atoms with van der Waals surface area (Å²) in [6.07, 6.45) is 0. The van der Waals surface area contributed by atoms with E-state index in [4.69, 9.17) is 0 Å². The number of non-ortho nitro benzene ring substituents is 1. The van der Waals surface area contributed by atoms with Gasteiger partial charge in [-0.2, -0.15) is 0 Å². The lowest BCUT2D eigenvalue weighted by Gasteiger charge is -2.24. The first-order valence-corrected chi connectivity index (χ1v) is 8.24. The SMILES string of the molecule is O=C1C(=O)N(CCO)C(c2ccc(F)cc2)/C1=C(/O)c1ccc([N+](=O)[O-])cc1. The highest BCUT2D eigenvalue weighted by molar-refractivity contribution is 6.46. The minimum atomic E-state index is -1.03. The minimum Gasteiger partial charge on any atom is -0.507 e. The van der Waals surface area contributed by atoms with Crippen molar-refractivity contribution in [3.05, 3.63) is 81.2 Å². The van der Waals surface area contributed by atoms with Crippen LogP contribution in [0.3, 0.4) is 0 Å². The molecule has 1 unspecified atom stereocenters. The van der Waals surface area contributed by atoms with Crippen LogP contribution < -0.4 is 0 Å². The van der Waals surface area contributed by atoms with E-state index in [2.05, 4.69) is 0 Å². The van der Waals surface area contributed by atoms with Crippen molar-refractivity contribution >= 4 is 23.1 Å². The van der Waals surface area contributed by atoms with Crippen molar-refractivity contribution < 1.29 is 29.1 Å². The zero-order valence-electron chi connectivity index (χ0n) is 14.4. The molecule has 2 aromatic carbocycles. The Morgan fingerprint density at radius 3 is 2.25 bits per heavy atom. The number of nitro benzene ring substituents is 1. The normalized spacial score (nSPS) is 18.5. The van der Waals surface area contributed by atoms with Gasteiger partial charge < -0.3 is 15.1 Å². The summed E-state index contributed by atoms with van der Waals surface area (Å²) >= 11 is 0. The van der Waals surface area contributed by atoms with E-state index < -0.39 is 40.8 Å². The van der Waals surface area contributed by atoms with Gasteiger partial charge in [-0.05, 0) is 29.8 Å². The van der Waals surface area contributed by atoms with Crippen molar-refractivity contribution in [2.75, 3.05) is 13.2 Å². The number of carbonyl (C=O) groups excluding carboxylic acids is 2. The molecule has 0 bridgehead atoms. The number of carbonyl (C=O) groups is 2. The molecule has 1 fully saturated rings. The molecule has 28 heavy (non-hydrogen) atoms. The number of hydrogen-bond acceptors (Lipinski definition) is 6. The summed E-state index contributed by atoms with van der Waals surface area (Å²) in [5.41, 5.74) is 0.0449. The molecule has 8 nitrogen and oxygen atoms in total. The number of rotatable bonds is 5. The van der Waals surface area contributed by atoms with Crippen molar-refractivity contribution in [2.24, 2.45) is 0 Å². The van der Waals surface area contributed by atoms with Crippen LogP contribution in [0.5, 0.6) is 0 Å². The molecule has 0 aliphatic carbocycles. The first kappa shape index (κ1) is 19.2. The molecule has 1 saturated heterocycles. The predicted molar refractivity (Wildman–Crippen MR) is 95.6 cm³/mol. The molecule has 2 aromatic rings. The summed E-state index contributed by atoms with van der Waals surface area (Å²) in [6, 6.07) is 8.86. The molecule has 1 amide bonds. The fourth-order valence-electron chi connectivity index (χ4n) is 3.11. The van der Waals surface area contributed by atoms with Gasteiger partial charge in [0.1, 0.15) is 11.6 Å². The summed E-state index contributed by atoms with van der Waals surface area (Å²) in [5, 5.41) is 30.7. The van der Waals surface area contributed by atoms with Crippen LogP contribution >= 0.6 is 0 Å². The number of ketones is 1. The number of aliphatic hydroxyl groups is 2. The zero-order valence-corrected chi connectivity index (χ0v) is 14.4. The maximum absolute atomic E-state index is 13.3. The van der Waals surface area contributed by atoms with Crippen molar-refractivity contribution in [1.29, 1.82) is 0 Å². The van der Waals surface area contributed by atoms with Crippen LogP contribution in [0, 0.1) is 15.9 Å². The zero-order chi connectivity index (χ0) is 20.4. The van der Waals surface area contributed by atoms with Gasteiger partial charge in [0.2, 0.25) is 0 Å². The van der Waals surface area contributed by atoms with Crippen LogP contribution in [-0.4, -0.2) is 44.9 Å². The van der Waals surface area contributed by atoms with E-state index in [0.29, 0.717) is 5.56 Å². The molecule has 0 spiro atoms. The molecule has 1 heterocycles. The van der Waals surface area contributed by atoms with Gasteiger partial charge in [0.25, 0.3) is 17.4 Å². The number of nitrogens with zero attached hydrogens (tertiary/aromatic N) is 2. The van der Waals surface area contributed by atoms with Gasteiger partial charge in [-0.25, -0.2) is 4.39 Å². The molecule has 144 valence electrons. The molecule has 0 aromatic heterocycles. The lowest BCUT2D eigenvalue weighted by atomic mass is 9.95. The number of benzene rings is 2. The van der Waals surface area contributed by atoms with Crippen molar-refractivity contribution in [2.45, 2.75) is 6.04 Å². The van der Waals surface area contributed by atoms with Crippen LogP contribution in [0.25, 0.3) is 5.76 Å². The smallest absolute Gasteiger partial charge is 0.295 e. The van der Waals surface area contributed by atoms with Crippen molar-refractivity contribution in [3.63, 3.8) is 0 Å². The van der Waals surface area contributed by atoms with E-state index >= 15 is 0 Å². The number of aliphatic hydroxyl groups excluding tert-OH is 2. The minimum absolute atomic E-state index is 0.111. The first-order chi connectivity index (χ1) is 13.3. The number of nitro groups is 1. The van der Waals surface area contributed by atoms with E-state index in [0.717, 1.165) is 29.2 Å². The summed E-state index contributed by atoms with van der Waals surface area (Å²) in [4.78, 5) is 36.2. The lowest BCUT2D eigenvalue weighted by molar-refractivity contribution is -0.384. The number of β-amino-alcohol motifs (C(OH)–C–C–N with tert-alkyl or cyclic N) is 1. The Morgan fingerprint density at radius 2 is 1.71 bits per heavy atom. The molecule has 9 heteroatoms. The molecule has 1 aliphatic rings. The highest BCUT2D eigenvalue weighted by atomic mass is 19.1. The highest BCUT2D eigenvalue weighted by Gasteiger charge is 2.45. The fourth-order valence-corrected chi connectivity index (χ4v) is 3.11. The van der Waals surface area contributed by atoms with E-state index in [1.54, 1.807) is 0 Å². The van der Waals surface area contributed by atoms with Gasteiger partial charge in [-0.1, -0.05) is 12.1 Å².